The Morgan fingerprint density at radius 3 is 2.46 bits per heavy atom. The van der Waals surface area contributed by atoms with Crippen molar-refractivity contribution in [2.45, 2.75) is 30.4 Å². The van der Waals surface area contributed by atoms with Gasteiger partial charge in [-0.05, 0) is 0 Å². The molecule has 0 aromatic carbocycles. The fourth-order valence-electron chi connectivity index (χ4n) is 1.00. The molecule has 4 heteroatoms. The first-order valence-electron chi connectivity index (χ1n) is 4.03. The van der Waals surface area contributed by atoms with Gasteiger partial charge in [-0.2, -0.15) is 0 Å². The molecule has 0 fully saturated rings. The van der Waals surface area contributed by atoms with Crippen molar-refractivity contribution < 1.29 is 22.9 Å². The first kappa shape index (κ1) is 19.7. The number of rotatable bonds is 4. The monoisotopic (exact) mass is 410 g/mol. The topological polar surface area (TPSA) is 0 Å². The third kappa shape index (κ3) is 9.52. The fraction of sp³-hybridized carbons (Fsp3) is 0.556. The number of hydrogen-bond donors (Lipinski definition) is 0. The molecule has 0 aromatic rings. The van der Waals surface area contributed by atoms with Crippen LogP contribution in [0.3, 0.4) is 0 Å². The average Bonchev–Trinajstić information content (AvgIpc) is 2.41. The summed E-state index contributed by atoms with van der Waals surface area (Å²) >= 11 is -0.283. The van der Waals surface area contributed by atoms with Gasteiger partial charge in [0.2, 0.25) is 0 Å². The van der Waals surface area contributed by atoms with Crippen LogP contribution in [-0.4, -0.2) is 0 Å². The Balaban J connectivity index is -0.000000333. The van der Waals surface area contributed by atoms with Crippen molar-refractivity contribution in [3.63, 3.8) is 0 Å². The molecule has 0 bridgehead atoms. The van der Waals surface area contributed by atoms with E-state index in [1.165, 1.54) is 19.3 Å². The van der Waals surface area contributed by atoms with Crippen LogP contribution in [0.2, 0.25) is 4.18 Å². The Bertz CT molecular complexity index is 155. The van der Waals surface area contributed by atoms with Crippen LogP contribution < -0.4 is 0 Å². The van der Waals surface area contributed by atoms with Gasteiger partial charge in [-0.1, -0.05) is 0 Å². The van der Waals surface area contributed by atoms with Crippen molar-refractivity contribution >= 4 is 37.2 Å². The molecule has 0 saturated heterocycles. The van der Waals surface area contributed by atoms with E-state index >= 15 is 0 Å². The minimum absolute atomic E-state index is 0. The molecule has 0 N–H and O–H groups in total. The quantitative estimate of drug-likeness (QED) is 0.477. The van der Waals surface area contributed by atoms with Crippen molar-refractivity contribution in [2.75, 3.05) is 0 Å². The second kappa shape index (κ2) is 13.2. The molecular weight excluding hydrogens is 393 g/mol. The Hall–Kier alpha value is 1.22. The molecule has 0 aromatic heterocycles. The van der Waals surface area contributed by atoms with E-state index in [-0.39, 0.29) is 60.1 Å². The van der Waals surface area contributed by atoms with Crippen LogP contribution in [0.5, 0.6) is 0 Å². The molecule has 1 rings (SSSR count). The summed E-state index contributed by atoms with van der Waals surface area (Å²) in [5.74, 6) is 0. The van der Waals surface area contributed by atoms with Gasteiger partial charge in [-0.25, -0.2) is 0 Å². The maximum Gasteiger partial charge on any atom is -0.147 e. The van der Waals surface area contributed by atoms with Crippen LogP contribution in [-0.2, 0) is 22.9 Å². The van der Waals surface area contributed by atoms with Gasteiger partial charge in [0.1, 0.15) is 0 Å². The van der Waals surface area contributed by atoms with E-state index < -0.39 is 0 Å². The summed E-state index contributed by atoms with van der Waals surface area (Å²) in [4.78, 5) is 0. The Kier molecular flexibility index (Phi) is 20.1. The second-order valence-corrected chi connectivity index (χ2v) is 7.98. The van der Waals surface area contributed by atoms with Crippen molar-refractivity contribution in [3.05, 3.63) is 21.6 Å². The molecule has 0 radical (unpaired) electrons. The van der Waals surface area contributed by atoms with Gasteiger partial charge >= 0.3 is 74.8 Å². The predicted molar refractivity (Wildman–Crippen MR) is 63.3 cm³/mol. The molecule has 13 heavy (non-hydrogen) atoms. The van der Waals surface area contributed by atoms with E-state index in [1.54, 1.807) is 4.18 Å². The summed E-state index contributed by atoms with van der Waals surface area (Å²) in [5, 5.41) is 0. The molecule has 1 aliphatic carbocycles. The van der Waals surface area contributed by atoms with Gasteiger partial charge in [0.05, 0.1) is 0 Å². The minimum atomic E-state index is -0.283. The van der Waals surface area contributed by atoms with E-state index in [0.29, 0.717) is 0 Å². The summed E-state index contributed by atoms with van der Waals surface area (Å²) in [6, 6.07) is 0. The van der Waals surface area contributed by atoms with Gasteiger partial charge < -0.3 is 0 Å². The molecule has 0 saturated carbocycles. The molecule has 0 aliphatic heterocycles. The van der Waals surface area contributed by atoms with E-state index in [2.05, 4.69) is 25.2 Å². The number of unbranched alkanes of at least 4 members (excludes halogenated alkanes) is 1. The Morgan fingerprint density at radius 1 is 1.31 bits per heavy atom. The molecule has 0 unspecified atom stereocenters. The maximum atomic E-state index is 2.35. The van der Waals surface area contributed by atoms with Gasteiger partial charge in [-0.15, -0.1) is 37.2 Å². The molecule has 0 heterocycles. The second-order valence-electron chi connectivity index (χ2n) is 2.60. The summed E-state index contributed by atoms with van der Waals surface area (Å²) in [7, 11) is 0. The van der Waals surface area contributed by atoms with Gasteiger partial charge in [0.25, 0.3) is 0 Å². The van der Waals surface area contributed by atoms with E-state index in [9.17, 15) is 0 Å². The molecule has 78 valence electrons. The smallest absolute Gasteiger partial charge is 0.147 e. The van der Waals surface area contributed by atoms with Crippen LogP contribution in [0.15, 0.2) is 21.6 Å². The molecule has 0 atom stereocenters. The first-order chi connectivity index (χ1) is 4.93. The molecule has 0 spiro atoms. The molecular formula is C9H17Cl3Hf. The van der Waals surface area contributed by atoms with Crippen LogP contribution in [0.4, 0.5) is 0 Å². The standard InChI is InChI=1S/C5H5.C4H9.3ClH.Hf/c1-2-4-5-3-1;1-3-4-2;;;;/h1-3H,4H2;1,3-4H2,2H3;3*1H;. The average molecular weight is 410 g/mol. The van der Waals surface area contributed by atoms with Gasteiger partial charge in [0, 0.05) is 0 Å². The van der Waals surface area contributed by atoms with Crippen LogP contribution >= 0.6 is 37.2 Å². The molecule has 0 nitrogen and oxygen atoms in total. The minimum Gasteiger partial charge on any atom is -0.147 e. The zero-order valence-electron chi connectivity index (χ0n) is 7.79. The molecule has 0 amide bonds. The SMILES string of the molecule is CCC[CH2][Hf][C]1=CC=CC1.Cl.Cl.Cl. The van der Waals surface area contributed by atoms with Crippen molar-refractivity contribution in [3.8, 4) is 0 Å². The Labute approximate surface area is 111 Å². The van der Waals surface area contributed by atoms with Crippen molar-refractivity contribution in [2.24, 2.45) is 0 Å². The molecule has 1 aliphatic rings. The van der Waals surface area contributed by atoms with E-state index in [1.807, 2.05) is 3.33 Å². The van der Waals surface area contributed by atoms with E-state index in [4.69, 9.17) is 0 Å². The van der Waals surface area contributed by atoms with Crippen LogP contribution in [0, 0.1) is 0 Å². The van der Waals surface area contributed by atoms with Gasteiger partial charge in [0.15, 0.2) is 0 Å². The predicted octanol–water partition coefficient (Wildman–Crippen LogP) is 4.40. The summed E-state index contributed by atoms with van der Waals surface area (Å²) < 4.78 is 3.39. The van der Waals surface area contributed by atoms with Crippen molar-refractivity contribution in [1.82, 2.24) is 0 Å². The van der Waals surface area contributed by atoms with E-state index in [0.717, 1.165) is 0 Å². The summed E-state index contributed by atoms with van der Waals surface area (Å²) in [6.07, 6.45) is 11.0. The fourth-order valence-corrected chi connectivity index (χ4v) is 5.77. The Morgan fingerprint density at radius 2 is 2.00 bits per heavy atom. The third-order valence-electron chi connectivity index (χ3n) is 1.65. The summed E-state index contributed by atoms with van der Waals surface area (Å²) in [5.41, 5.74) is 0. The number of hydrogen-bond acceptors (Lipinski definition) is 0. The normalized spacial score (nSPS) is 11.9. The largest absolute Gasteiger partial charge is 0.147 e. The van der Waals surface area contributed by atoms with Gasteiger partial charge in [-0.3, -0.25) is 0 Å². The summed E-state index contributed by atoms with van der Waals surface area (Å²) in [6.45, 7) is 2.28. The number of allylic oxidation sites excluding steroid dienone is 4. The number of halogens is 3. The van der Waals surface area contributed by atoms with Crippen LogP contribution in [0.1, 0.15) is 26.2 Å². The zero-order valence-corrected chi connectivity index (χ0v) is 13.8. The maximum absolute atomic E-state index is 2.35. The first-order valence-corrected chi connectivity index (χ1v) is 8.36. The van der Waals surface area contributed by atoms with Crippen molar-refractivity contribution in [1.29, 1.82) is 0 Å². The van der Waals surface area contributed by atoms with Crippen LogP contribution in [0.25, 0.3) is 0 Å². The third-order valence-corrected chi connectivity index (χ3v) is 6.79. The zero-order chi connectivity index (χ0) is 7.23.